The number of aromatic nitrogens is 3. The van der Waals surface area contributed by atoms with Crippen LogP contribution >= 0.6 is 11.8 Å². The molecule has 0 aliphatic carbocycles. The third-order valence-electron chi connectivity index (χ3n) is 4.12. The molecule has 8 heteroatoms. The predicted molar refractivity (Wildman–Crippen MR) is 100 cm³/mol. The lowest BCUT2D eigenvalue weighted by atomic mass is 10.1. The standard InChI is InChI=1S/C19H17FN4O2S/c1-13-4-2-5-14(10-13)18(25)23-8-9-27-19-22-21-17(24(19)23)12-26-16-7-3-6-15(20)11-16/h2-7,10-11H,8-9,12H2,1H3. The lowest BCUT2D eigenvalue weighted by Crippen LogP contribution is -2.45. The predicted octanol–water partition coefficient (Wildman–Crippen LogP) is 3.19. The molecule has 0 fully saturated rings. The molecule has 1 aliphatic rings. The van der Waals surface area contributed by atoms with Crippen LogP contribution in [-0.4, -0.2) is 33.1 Å². The number of ether oxygens (including phenoxy) is 1. The Kier molecular flexibility index (Phi) is 4.81. The molecule has 0 spiro atoms. The van der Waals surface area contributed by atoms with Crippen LogP contribution in [0.5, 0.6) is 5.75 Å². The summed E-state index contributed by atoms with van der Waals surface area (Å²) in [6.07, 6.45) is 0. The van der Waals surface area contributed by atoms with Crippen molar-refractivity contribution < 1.29 is 13.9 Å². The van der Waals surface area contributed by atoms with Crippen LogP contribution in [0.2, 0.25) is 0 Å². The molecule has 3 aromatic rings. The Morgan fingerprint density at radius 1 is 1.22 bits per heavy atom. The van der Waals surface area contributed by atoms with Crippen LogP contribution in [0.1, 0.15) is 21.7 Å². The van der Waals surface area contributed by atoms with Crippen LogP contribution < -0.4 is 9.75 Å². The Balaban J connectivity index is 1.60. The number of carbonyl (C=O) groups excluding carboxylic acids is 1. The minimum atomic E-state index is -0.373. The maximum absolute atomic E-state index is 13.3. The summed E-state index contributed by atoms with van der Waals surface area (Å²) in [4.78, 5) is 13.0. The zero-order valence-corrected chi connectivity index (χ0v) is 15.4. The van der Waals surface area contributed by atoms with E-state index in [0.29, 0.717) is 28.8 Å². The molecular formula is C19H17FN4O2S. The highest BCUT2D eigenvalue weighted by Crippen LogP contribution is 2.24. The molecule has 1 aromatic heterocycles. The molecular weight excluding hydrogens is 367 g/mol. The number of thioether (sulfide) groups is 1. The molecule has 138 valence electrons. The van der Waals surface area contributed by atoms with Crippen molar-refractivity contribution in [3.63, 3.8) is 0 Å². The Labute approximate surface area is 159 Å². The van der Waals surface area contributed by atoms with E-state index in [9.17, 15) is 9.18 Å². The molecule has 0 atom stereocenters. The summed E-state index contributed by atoms with van der Waals surface area (Å²) in [7, 11) is 0. The van der Waals surface area contributed by atoms with Gasteiger partial charge in [-0.15, -0.1) is 10.2 Å². The third-order valence-corrected chi connectivity index (χ3v) is 5.02. The summed E-state index contributed by atoms with van der Waals surface area (Å²) in [5, 5.41) is 10.6. The van der Waals surface area contributed by atoms with E-state index in [4.69, 9.17) is 4.74 Å². The van der Waals surface area contributed by atoms with Gasteiger partial charge in [-0.3, -0.25) is 4.79 Å². The number of halogens is 1. The van der Waals surface area contributed by atoms with Crippen molar-refractivity contribution in [1.82, 2.24) is 14.9 Å². The van der Waals surface area contributed by atoms with Crippen LogP contribution in [-0.2, 0) is 6.61 Å². The van der Waals surface area contributed by atoms with Gasteiger partial charge in [0.15, 0.2) is 5.82 Å². The van der Waals surface area contributed by atoms with E-state index in [0.717, 1.165) is 11.3 Å². The van der Waals surface area contributed by atoms with Gasteiger partial charge in [0.25, 0.3) is 5.91 Å². The van der Waals surface area contributed by atoms with Crippen molar-refractivity contribution in [2.45, 2.75) is 18.7 Å². The fraction of sp³-hybridized carbons (Fsp3) is 0.211. The van der Waals surface area contributed by atoms with Gasteiger partial charge in [-0.2, -0.15) is 0 Å². The Morgan fingerprint density at radius 3 is 2.89 bits per heavy atom. The maximum atomic E-state index is 13.3. The molecule has 1 aliphatic heterocycles. The highest BCUT2D eigenvalue weighted by molar-refractivity contribution is 7.99. The normalized spacial score (nSPS) is 13.3. The summed E-state index contributed by atoms with van der Waals surface area (Å²) >= 11 is 1.53. The molecule has 2 aromatic carbocycles. The minimum absolute atomic E-state index is 0.0780. The second kappa shape index (κ2) is 7.40. The number of benzene rings is 2. The van der Waals surface area contributed by atoms with Crippen molar-refractivity contribution in [2.75, 3.05) is 17.3 Å². The molecule has 0 saturated heterocycles. The SMILES string of the molecule is Cc1cccc(C(=O)N2CCSc3nnc(COc4cccc(F)c4)n32)c1. The number of hydrogen-bond acceptors (Lipinski definition) is 5. The first-order valence-electron chi connectivity index (χ1n) is 8.46. The van der Waals surface area contributed by atoms with Crippen LogP contribution in [0, 0.1) is 12.7 Å². The molecule has 0 bridgehead atoms. The number of amides is 1. The number of rotatable bonds is 4. The van der Waals surface area contributed by atoms with Crippen LogP contribution in [0.25, 0.3) is 0 Å². The Morgan fingerprint density at radius 2 is 2.07 bits per heavy atom. The van der Waals surface area contributed by atoms with E-state index in [1.165, 1.54) is 23.9 Å². The summed E-state index contributed by atoms with van der Waals surface area (Å²) < 4.78 is 20.7. The van der Waals surface area contributed by atoms with Gasteiger partial charge >= 0.3 is 0 Å². The average molecular weight is 384 g/mol. The molecule has 0 unspecified atom stereocenters. The van der Waals surface area contributed by atoms with Crippen molar-refractivity contribution in [1.29, 1.82) is 0 Å². The number of hydrogen-bond donors (Lipinski definition) is 0. The minimum Gasteiger partial charge on any atom is -0.485 e. The quantitative estimate of drug-likeness (QED) is 0.691. The molecule has 6 nitrogen and oxygen atoms in total. The van der Waals surface area contributed by atoms with E-state index in [2.05, 4.69) is 10.2 Å². The molecule has 1 amide bonds. The van der Waals surface area contributed by atoms with Crippen molar-refractivity contribution in [2.24, 2.45) is 0 Å². The Bertz CT molecular complexity index is 991. The van der Waals surface area contributed by atoms with Crippen LogP contribution in [0.3, 0.4) is 0 Å². The van der Waals surface area contributed by atoms with Gasteiger partial charge in [0.1, 0.15) is 18.2 Å². The molecule has 4 rings (SSSR count). The third kappa shape index (κ3) is 3.66. The number of carbonyl (C=O) groups is 1. The fourth-order valence-electron chi connectivity index (χ4n) is 2.87. The fourth-order valence-corrected chi connectivity index (χ4v) is 3.74. The lowest BCUT2D eigenvalue weighted by molar-refractivity contribution is 0.0952. The van der Waals surface area contributed by atoms with E-state index < -0.39 is 0 Å². The van der Waals surface area contributed by atoms with Gasteiger partial charge in [0.05, 0.1) is 6.54 Å². The highest BCUT2D eigenvalue weighted by Gasteiger charge is 2.28. The van der Waals surface area contributed by atoms with Gasteiger partial charge in [-0.05, 0) is 31.2 Å². The first kappa shape index (κ1) is 17.5. The van der Waals surface area contributed by atoms with Gasteiger partial charge in [-0.1, -0.05) is 35.5 Å². The highest BCUT2D eigenvalue weighted by atomic mass is 32.2. The van der Waals surface area contributed by atoms with E-state index >= 15 is 0 Å². The number of fused-ring (bicyclic) bond motifs is 1. The molecule has 2 heterocycles. The zero-order chi connectivity index (χ0) is 18.8. The lowest BCUT2D eigenvalue weighted by Gasteiger charge is -2.29. The van der Waals surface area contributed by atoms with E-state index in [1.54, 1.807) is 27.9 Å². The average Bonchev–Trinajstić information content (AvgIpc) is 3.09. The first-order valence-corrected chi connectivity index (χ1v) is 9.44. The number of nitrogens with zero attached hydrogens (tertiary/aromatic N) is 4. The smallest absolute Gasteiger partial charge is 0.272 e. The van der Waals surface area contributed by atoms with Gasteiger partial charge < -0.3 is 4.74 Å². The topological polar surface area (TPSA) is 60.3 Å². The monoisotopic (exact) mass is 384 g/mol. The van der Waals surface area contributed by atoms with E-state index in [-0.39, 0.29) is 18.3 Å². The second-order valence-electron chi connectivity index (χ2n) is 6.10. The summed E-state index contributed by atoms with van der Waals surface area (Å²) in [6.45, 7) is 2.56. The summed E-state index contributed by atoms with van der Waals surface area (Å²) in [6, 6.07) is 13.4. The molecule has 0 radical (unpaired) electrons. The van der Waals surface area contributed by atoms with Gasteiger partial charge in [0, 0.05) is 17.4 Å². The summed E-state index contributed by atoms with van der Waals surface area (Å²) in [5.41, 5.74) is 1.63. The first-order chi connectivity index (χ1) is 13.1. The van der Waals surface area contributed by atoms with Crippen LogP contribution in [0.15, 0.2) is 53.7 Å². The van der Waals surface area contributed by atoms with E-state index in [1.807, 2.05) is 25.1 Å². The van der Waals surface area contributed by atoms with Crippen molar-refractivity contribution in [3.05, 3.63) is 71.3 Å². The second-order valence-corrected chi connectivity index (χ2v) is 7.16. The van der Waals surface area contributed by atoms with Gasteiger partial charge in [0.2, 0.25) is 5.16 Å². The molecule has 0 N–H and O–H groups in total. The van der Waals surface area contributed by atoms with Crippen LogP contribution in [0.4, 0.5) is 4.39 Å². The summed E-state index contributed by atoms with van der Waals surface area (Å²) in [5.74, 6) is 1.13. The van der Waals surface area contributed by atoms with Crippen molar-refractivity contribution in [3.8, 4) is 5.75 Å². The molecule has 0 saturated carbocycles. The van der Waals surface area contributed by atoms with Gasteiger partial charge in [-0.25, -0.2) is 14.1 Å². The molecule has 27 heavy (non-hydrogen) atoms. The Hall–Kier alpha value is -2.87. The zero-order valence-electron chi connectivity index (χ0n) is 14.6. The maximum Gasteiger partial charge on any atom is 0.272 e. The number of aryl methyl sites for hydroxylation is 1. The van der Waals surface area contributed by atoms with Crippen molar-refractivity contribution >= 4 is 17.7 Å². The largest absolute Gasteiger partial charge is 0.485 e.